The van der Waals surface area contributed by atoms with Crippen LogP contribution in [0.5, 0.6) is 17.2 Å². The highest BCUT2D eigenvalue weighted by atomic mass is 32.2. The first-order chi connectivity index (χ1) is 14.8. The first-order valence-corrected chi connectivity index (χ1v) is 11.4. The number of anilines is 2. The Balaban J connectivity index is 1.59. The molecule has 0 aliphatic carbocycles. The molecule has 9 nitrogen and oxygen atoms in total. The third-order valence-electron chi connectivity index (χ3n) is 4.73. The second-order valence-corrected chi connectivity index (χ2v) is 9.12. The van der Waals surface area contributed by atoms with Crippen molar-refractivity contribution < 1.29 is 27.4 Å². The summed E-state index contributed by atoms with van der Waals surface area (Å²) in [6.45, 7) is 0.00161. The number of sulfonamides is 1. The van der Waals surface area contributed by atoms with E-state index < -0.39 is 10.0 Å². The third-order valence-corrected chi connectivity index (χ3v) is 6.96. The van der Waals surface area contributed by atoms with Gasteiger partial charge in [-0.2, -0.15) is 0 Å². The van der Waals surface area contributed by atoms with Crippen LogP contribution < -0.4 is 23.8 Å². The van der Waals surface area contributed by atoms with Crippen LogP contribution in [0.1, 0.15) is 0 Å². The maximum Gasteiger partial charge on any atom is 0.264 e. The van der Waals surface area contributed by atoms with Gasteiger partial charge in [-0.05, 0) is 30.3 Å². The molecule has 1 aromatic heterocycles. The van der Waals surface area contributed by atoms with E-state index >= 15 is 0 Å². The fourth-order valence-corrected chi connectivity index (χ4v) is 5.03. The SMILES string of the molecule is COc1ccc(S(=O)(=O)Nc2nc(-c3ccc4c(c3)N(C)C(=O)CO4)cs2)cc1OC. The van der Waals surface area contributed by atoms with Gasteiger partial charge in [0, 0.05) is 24.1 Å². The van der Waals surface area contributed by atoms with Crippen molar-refractivity contribution >= 4 is 38.1 Å². The number of ether oxygens (including phenoxy) is 3. The van der Waals surface area contributed by atoms with Gasteiger partial charge < -0.3 is 19.1 Å². The number of hydrogen-bond donors (Lipinski definition) is 1. The standard InChI is InChI=1S/C20H19N3O6S2/c1-23-15-8-12(4-6-16(15)29-10-19(23)24)14-11-30-20(21-14)22-31(25,26)13-5-7-17(27-2)18(9-13)28-3/h4-9,11H,10H2,1-3H3,(H,21,22). The Morgan fingerprint density at radius 1 is 1.13 bits per heavy atom. The third kappa shape index (κ3) is 4.01. The average Bonchev–Trinajstić information content (AvgIpc) is 3.23. The van der Waals surface area contributed by atoms with Crippen LogP contribution in [0, 0.1) is 0 Å². The van der Waals surface area contributed by atoms with Crippen LogP contribution in [0.3, 0.4) is 0 Å². The lowest BCUT2D eigenvalue weighted by Gasteiger charge is -2.26. The summed E-state index contributed by atoms with van der Waals surface area (Å²) in [5.74, 6) is 1.19. The van der Waals surface area contributed by atoms with Gasteiger partial charge in [-0.15, -0.1) is 11.3 Å². The molecule has 11 heteroatoms. The molecule has 1 amide bonds. The van der Waals surface area contributed by atoms with E-state index in [1.54, 1.807) is 24.6 Å². The Morgan fingerprint density at radius 2 is 1.90 bits per heavy atom. The van der Waals surface area contributed by atoms with Crippen molar-refractivity contribution in [3.05, 3.63) is 41.8 Å². The molecule has 4 rings (SSSR count). The molecule has 31 heavy (non-hydrogen) atoms. The Labute approximate surface area is 183 Å². The van der Waals surface area contributed by atoms with Crippen LogP contribution in [-0.2, 0) is 14.8 Å². The van der Waals surface area contributed by atoms with E-state index in [9.17, 15) is 13.2 Å². The number of thiazole rings is 1. The fraction of sp³-hybridized carbons (Fsp3) is 0.200. The van der Waals surface area contributed by atoms with Gasteiger partial charge in [0.1, 0.15) is 5.75 Å². The number of methoxy groups -OCH3 is 2. The molecule has 2 heterocycles. The minimum Gasteiger partial charge on any atom is -0.493 e. The van der Waals surface area contributed by atoms with Gasteiger partial charge in [-0.1, -0.05) is 0 Å². The van der Waals surface area contributed by atoms with Crippen LogP contribution >= 0.6 is 11.3 Å². The number of aromatic nitrogens is 1. The average molecular weight is 462 g/mol. The molecule has 0 atom stereocenters. The van der Waals surface area contributed by atoms with Crippen LogP contribution in [0.15, 0.2) is 46.7 Å². The van der Waals surface area contributed by atoms with E-state index in [-0.39, 0.29) is 22.5 Å². The van der Waals surface area contributed by atoms with Crippen molar-refractivity contribution in [3.8, 4) is 28.5 Å². The zero-order valence-corrected chi connectivity index (χ0v) is 18.5. The molecule has 3 aromatic rings. The number of carbonyl (C=O) groups is 1. The Hall–Kier alpha value is -3.31. The van der Waals surface area contributed by atoms with Crippen LogP contribution in [-0.4, -0.2) is 47.2 Å². The second-order valence-electron chi connectivity index (χ2n) is 6.58. The van der Waals surface area contributed by atoms with E-state index in [1.165, 1.54) is 37.3 Å². The zero-order valence-electron chi connectivity index (χ0n) is 16.9. The monoisotopic (exact) mass is 461 g/mol. The summed E-state index contributed by atoms with van der Waals surface area (Å²) in [7, 11) is 0.705. The van der Waals surface area contributed by atoms with E-state index in [1.807, 2.05) is 6.07 Å². The molecule has 0 fully saturated rings. The molecule has 0 spiro atoms. The summed E-state index contributed by atoms with van der Waals surface area (Å²) < 4.78 is 43.8. The second kappa shape index (κ2) is 8.08. The number of likely N-dealkylation sites (N-methyl/N-ethyl adjacent to an activating group) is 1. The summed E-state index contributed by atoms with van der Waals surface area (Å²) >= 11 is 1.15. The predicted octanol–water partition coefficient (Wildman–Crippen LogP) is 2.98. The summed E-state index contributed by atoms with van der Waals surface area (Å²) in [6, 6.07) is 9.69. The minimum atomic E-state index is -3.88. The lowest BCUT2D eigenvalue weighted by molar-refractivity contribution is -0.120. The van der Waals surface area contributed by atoms with Crippen molar-refractivity contribution in [2.45, 2.75) is 4.90 Å². The summed E-state index contributed by atoms with van der Waals surface area (Å²) in [5.41, 5.74) is 1.94. The largest absolute Gasteiger partial charge is 0.493 e. The van der Waals surface area contributed by atoms with Gasteiger partial charge in [0.15, 0.2) is 23.2 Å². The smallest absolute Gasteiger partial charge is 0.264 e. The van der Waals surface area contributed by atoms with E-state index in [0.717, 1.165) is 16.9 Å². The number of amides is 1. The highest BCUT2D eigenvalue weighted by Crippen LogP contribution is 2.36. The number of nitrogens with one attached hydrogen (secondary N) is 1. The van der Waals surface area contributed by atoms with E-state index in [0.29, 0.717) is 28.6 Å². The minimum absolute atomic E-state index is 0.00161. The number of benzene rings is 2. The summed E-state index contributed by atoms with van der Waals surface area (Å²) in [5, 5.41) is 1.95. The van der Waals surface area contributed by atoms with Gasteiger partial charge >= 0.3 is 0 Å². The maximum absolute atomic E-state index is 12.8. The molecule has 0 unspecified atom stereocenters. The molecular weight excluding hydrogens is 442 g/mol. The van der Waals surface area contributed by atoms with Crippen LogP contribution in [0.25, 0.3) is 11.3 Å². The van der Waals surface area contributed by atoms with Gasteiger partial charge in [0.05, 0.1) is 30.5 Å². The first kappa shape index (κ1) is 20.9. The molecule has 0 saturated heterocycles. The van der Waals surface area contributed by atoms with Crippen molar-refractivity contribution in [1.29, 1.82) is 0 Å². The number of carbonyl (C=O) groups excluding carboxylic acids is 1. The Kier molecular flexibility index (Phi) is 5.46. The van der Waals surface area contributed by atoms with E-state index in [2.05, 4.69) is 9.71 Å². The lowest BCUT2D eigenvalue weighted by atomic mass is 10.1. The highest BCUT2D eigenvalue weighted by molar-refractivity contribution is 7.93. The molecule has 1 N–H and O–H groups in total. The Bertz CT molecular complexity index is 1260. The van der Waals surface area contributed by atoms with Crippen molar-refractivity contribution in [3.63, 3.8) is 0 Å². The fourth-order valence-electron chi connectivity index (χ4n) is 3.04. The van der Waals surface area contributed by atoms with Gasteiger partial charge in [-0.25, -0.2) is 13.4 Å². The molecule has 1 aliphatic rings. The van der Waals surface area contributed by atoms with E-state index in [4.69, 9.17) is 14.2 Å². The molecular formula is C20H19N3O6S2. The lowest BCUT2D eigenvalue weighted by Crippen LogP contribution is -2.35. The number of fused-ring (bicyclic) bond motifs is 1. The number of hydrogen-bond acceptors (Lipinski definition) is 8. The molecule has 0 bridgehead atoms. The van der Waals surface area contributed by atoms with Gasteiger partial charge in [0.25, 0.3) is 15.9 Å². The first-order valence-electron chi connectivity index (χ1n) is 9.06. The van der Waals surface area contributed by atoms with Gasteiger partial charge in [-0.3, -0.25) is 9.52 Å². The number of rotatable bonds is 6. The van der Waals surface area contributed by atoms with Crippen molar-refractivity contribution in [1.82, 2.24) is 4.98 Å². The zero-order chi connectivity index (χ0) is 22.2. The topological polar surface area (TPSA) is 107 Å². The molecule has 162 valence electrons. The predicted molar refractivity (Wildman–Crippen MR) is 117 cm³/mol. The summed E-state index contributed by atoms with van der Waals surface area (Å²) in [4.78, 5) is 17.8. The van der Waals surface area contributed by atoms with Crippen molar-refractivity contribution in [2.24, 2.45) is 0 Å². The molecule has 2 aromatic carbocycles. The number of nitrogens with zero attached hydrogens (tertiary/aromatic N) is 2. The highest BCUT2D eigenvalue weighted by Gasteiger charge is 2.23. The molecule has 1 aliphatic heterocycles. The van der Waals surface area contributed by atoms with Gasteiger partial charge in [0.2, 0.25) is 0 Å². The van der Waals surface area contributed by atoms with Crippen LogP contribution in [0.2, 0.25) is 0 Å². The Morgan fingerprint density at radius 3 is 2.65 bits per heavy atom. The van der Waals surface area contributed by atoms with Crippen LogP contribution in [0.4, 0.5) is 10.8 Å². The summed E-state index contributed by atoms with van der Waals surface area (Å²) in [6.07, 6.45) is 0. The van der Waals surface area contributed by atoms with Crippen molar-refractivity contribution in [2.75, 3.05) is 37.5 Å². The normalized spacial score (nSPS) is 13.4. The molecule has 0 radical (unpaired) electrons. The quantitative estimate of drug-likeness (QED) is 0.601. The maximum atomic E-state index is 12.8. The molecule has 0 saturated carbocycles.